The molecule has 3 N–H and O–H groups in total. The van der Waals surface area contributed by atoms with Crippen molar-refractivity contribution in [1.82, 2.24) is 0 Å². The van der Waals surface area contributed by atoms with Crippen LogP contribution in [-0.4, -0.2) is 24.9 Å². The SMILES string of the molecule is NOCCc1c(O)ccc2c1OCCO2. The number of rotatable bonds is 3. The third-order valence-electron chi connectivity index (χ3n) is 2.26. The van der Waals surface area contributed by atoms with Gasteiger partial charge in [-0.3, -0.25) is 0 Å². The molecule has 5 nitrogen and oxygen atoms in total. The average Bonchev–Trinajstić information content (AvgIpc) is 2.28. The van der Waals surface area contributed by atoms with Crippen LogP contribution in [0.3, 0.4) is 0 Å². The molecule has 15 heavy (non-hydrogen) atoms. The first-order chi connectivity index (χ1) is 7.33. The molecule has 0 unspecified atom stereocenters. The summed E-state index contributed by atoms with van der Waals surface area (Å²) in [7, 11) is 0. The van der Waals surface area contributed by atoms with Crippen LogP contribution in [-0.2, 0) is 11.3 Å². The fourth-order valence-electron chi connectivity index (χ4n) is 1.57. The predicted octanol–water partition coefficient (Wildman–Crippen LogP) is 0.596. The number of fused-ring (bicyclic) bond motifs is 1. The Morgan fingerprint density at radius 1 is 1.33 bits per heavy atom. The summed E-state index contributed by atoms with van der Waals surface area (Å²) in [6, 6.07) is 3.27. The van der Waals surface area contributed by atoms with Crippen molar-refractivity contribution >= 4 is 0 Å². The summed E-state index contributed by atoms with van der Waals surface area (Å²) in [5.74, 6) is 6.38. The number of phenolic OH excluding ortho intramolecular Hbond substituents is 1. The van der Waals surface area contributed by atoms with Crippen molar-refractivity contribution in [1.29, 1.82) is 0 Å². The molecule has 0 fully saturated rings. The van der Waals surface area contributed by atoms with E-state index in [9.17, 15) is 5.11 Å². The Kier molecular flexibility index (Phi) is 2.94. The minimum Gasteiger partial charge on any atom is -0.508 e. The Hall–Kier alpha value is -1.46. The molecule has 0 aromatic heterocycles. The second kappa shape index (κ2) is 4.37. The molecule has 1 aromatic carbocycles. The topological polar surface area (TPSA) is 73.9 Å². The Labute approximate surface area is 87.3 Å². The van der Waals surface area contributed by atoms with Gasteiger partial charge in [0, 0.05) is 12.0 Å². The molecular formula is C10H13NO4. The third-order valence-corrected chi connectivity index (χ3v) is 2.26. The number of nitrogens with two attached hydrogens (primary N) is 1. The van der Waals surface area contributed by atoms with Crippen LogP contribution < -0.4 is 15.4 Å². The molecule has 0 atom stereocenters. The van der Waals surface area contributed by atoms with Crippen LogP contribution in [0.4, 0.5) is 0 Å². The van der Waals surface area contributed by atoms with Crippen LogP contribution in [0.1, 0.15) is 5.56 Å². The normalized spacial score (nSPS) is 13.9. The third kappa shape index (κ3) is 1.98. The van der Waals surface area contributed by atoms with Crippen molar-refractivity contribution < 1.29 is 19.4 Å². The van der Waals surface area contributed by atoms with E-state index >= 15 is 0 Å². The number of ether oxygens (including phenoxy) is 2. The zero-order valence-corrected chi connectivity index (χ0v) is 8.23. The van der Waals surface area contributed by atoms with E-state index in [-0.39, 0.29) is 5.75 Å². The van der Waals surface area contributed by atoms with Gasteiger partial charge in [-0.05, 0) is 12.1 Å². The standard InChI is InChI=1S/C10H13NO4/c11-15-4-3-7-8(12)1-2-9-10(7)14-6-5-13-9/h1-2,12H,3-6,11H2. The zero-order valence-electron chi connectivity index (χ0n) is 8.23. The minimum atomic E-state index is 0.177. The lowest BCUT2D eigenvalue weighted by molar-refractivity contribution is 0.137. The number of benzene rings is 1. The Morgan fingerprint density at radius 2 is 2.13 bits per heavy atom. The van der Waals surface area contributed by atoms with Crippen molar-refractivity contribution in [2.75, 3.05) is 19.8 Å². The fourth-order valence-corrected chi connectivity index (χ4v) is 1.57. The molecule has 0 aliphatic carbocycles. The van der Waals surface area contributed by atoms with Gasteiger partial charge in [-0.2, -0.15) is 0 Å². The lowest BCUT2D eigenvalue weighted by Gasteiger charge is -2.21. The Morgan fingerprint density at radius 3 is 2.93 bits per heavy atom. The van der Waals surface area contributed by atoms with Crippen LogP contribution in [0.15, 0.2) is 12.1 Å². The summed E-state index contributed by atoms with van der Waals surface area (Å²) < 4.78 is 10.8. The summed E-state index contributed by atoms with van der Waals surface area (Å²) in [5, 5.41) is 9.66. The van der Waals surface area contributed by atoms with Crippen molar-refractivity contribution in [2.24, 2.45) is 5.90 Å². The van der Waals surface area contributed by atoms with Gasteiger partial charge in [0.1, 0.15) is 19.0 Å². The van der Waals surface area contributed by atoms with Gasteiger partial charge in [-0.15, -0.1) is 0 Å². The lowest BCUT2D eigenvalue weighted by Crippen LogP contribution is -2.17. The van der Waals surface area contributed by atoms with Gasteiger partial charge in [0.05, 0.1) is 6.61 Å². The molecule has 0 spiro atoms. The van der Waals surface area contributed by atoms with E-state index in [1.807, 2.05) is 0 Å². The summed E-state index contributed by atoms with van der Waals surface area (Å²) in [6.45, 7) is 1.35. The summed E-state index contributed by atoms with van der Waals surface area (Å²) >= 11 is 0. The Bertz CT molecular complexity index is 354. The maximum Gasteiger partial charge on any atom is 0.168 e. The molecule has 1 heterocycles. The highest BCUT2D eigenvalue weighted by molar-refractivity contribution is 5.54. The average molecular weight is 211 g/mol. The first kappa shape index (κ1) is 10.1. The summed E-state index contributed by atoms with van der Waals surface area (Å²) in [5.41, 5.74) is 0.678. The smallest absolute Gasteiger partial charge is 0.168 e. The van der Waals surface area contributed by atoms with Gasteiger partial charge >= 0.3 is 0 Å². The quantitative estimate of drug-likeness (QED) is 0.716. The minimum absolute atomic E-state index is 0.177. The first-order valence-corrected chi connectivity index (χ1v) is 4.75. The van der Waals surface area contributed by atoms with Crippen molar-refractivity contribution in [3.8, 4) is 17.2 Å². The molecular weight excluding hydrogens is 198 g/mol. The predicted molar refractivity (Wildman–Crippen MR) is 52.9 cm³/mol. The highest BCUT2D eigenvalue weighted by Crippen LogP contribution is 2.38. The molecule has 5 heteroatoms. The van der Waals surface area contributed by atoms with Crippen LogP contribution >= 0.6 is 0 Å². The number of phenols is 1. The molecule has 0 radical (unpaired) electrons. The number of hydrogen-bond donors (Lipinski definition) is 2. The van der Waals surface area contributed by atoms with Crippen LogP contribution in [0.25, 0.3) is 0 Å². The molecule has 1 aliphatic rings. The van der Waals surface area contributed by atoms with E-state index in [0.29, 0.717) is 43.3 Å². The molecule has 1 aromatic rings. The van der Waals surface area contributed by atoms with Gasteiger partial charge in [0.15, 0.2) is 11.5 Å². The van der Waals surface area contributed by atoms with Crippen molar-refractivity contribution in [3.63, 3.8) is 0 Å². The van der Waals surface area contributed by atoms with Crippen LogP contribution in [0, 0.1) is 0 Å². The van der Waals surface area contributed by atoms with E-state index in [4.69, 9.17) is 15.4 Å². The maximum absolute atomic E-state index is 9.66. The molecule has 82 valence electrons. The monoisotopic (exact) mass is 211 g/mol. The highest BCUT2D eigenvalue weighted by atomic mass is 16.6. The van der Waals surface area contributed by atoms with Gasteiger partial charge in [0.25, 0.3) is 0 Å². The molecule has 0 saturated heterocycles. The number of hydrogen-bond acceptors (Lipinski definition) is 5. The largest absolute Gasteiger partial charge is 0.508 e. The van der Waals surface area contributed by atoms with E-state index < -0.39 is 0 Å². The maximum atomic E-state index is 9.66. The molecule has 2 rings (SSSR count). The molecule has 0 amide bonds. The zero-order chi connectivity index (χ0) is 10.7. The van der Waals surface area contributed by atoms with Crippen molar-refractivity contribution in [2.45, 2.75) is 6.42 Å². The molecule has 1 aliphatic heterocycles. The Balaban J connectivity index is 2.32. The molecule has 0 bridgehead atoms. The van der Waals surface area contributed by atoms with Gasteiger partial charge in [-0.1, -0.05) is 0 Å². The lowest BCUT2D eigenvalue weighted by atomic mass is 10.1. The van der Waals surface area contributed by atoms with E-state index in [1.165, 1.54) is 0 Å². The van der Waals surface area contributed by atoms with Crippen LogP contribution in [0.5, 0.6) is 17.2 Å². The van der Waals surface area contributed by atoms with Crippen molar-refractivity contribution in [3.05, 3.63) is 17.7 Å². The highest BCUT2D eigenvalue weighted by Gasteiger charge is 2.18. The number of aromatic hydroxyl groups is 1. The van der Waals surface area contributed by atoms with E-state index in [2.05, 4.69) is 4.84 Å². The van der Waals surface area contributed by atoms with Gasteiger partial charge < -0.3 is 19.4 Å². The van der Waals surface area contributed by atoms with E-state index in [1.54, 1.807) is 12.1 Å². The fraction of sp³-hybridized carbons (Fsp3) is 0.400. The molecule has 0 saturated carbocycles. The second-order valence-corrected chi connectivity index (χ2v) is 3.21. The second-order valence-electron chi connectivity index (χ2n) is 3.21. The van der Waals surface area contributed by atoms with Crippen LogP contribution in [0.2, 0.25) is 0 Å². The van der Waals surface area contributed by atoms with Gasteiger partial charge in [0.2, 0.25) is 0 Å². The van der Waals surface area contributed by atoms with E-state index in [0.717, 1.165) is 0 Å². The first-order valence-electron chi connectivity index (χ1n) is 4.75. The summed E-state index contributed by atoms with van der Waals surface area (Å²) in [6.07, 6.45) is 0.495. The summed E-state index contributed by atoms with van der Waals surface area (Å²) in [4.78, 5) is 4.48. The van der Waals surface area contributed by atoms with Gasteiger partial charge in [-0.25, -0.2) is 5.90 Å².